The third-order valence-corrected chi connectivity index (χ3v) is 3.82. The van der Waals surface area contributed by atoms with Gasteiger partial charge < -0.3 is 14.6 Å². The van der Waals surface area contributed by atoms with Crippen LogP contribution in [0.2, 0.25) is 0 Å². The first kappa shape index (κ1) is 13.5. The van der Waals surface area contributed by atoms with Gasteiger partial charge in [0.15, 0.2) is 6.10 Å². The second-order valence-electron chi connectivity index (χ2n) is 4.27. The van der Waals surface area contributed by atoms with Gasteiger partial charge in [0.1, 0.15) is 0 Å². The number of hydrogen-bond acceptors (Lipinski definition) is 4. The van der Waals surface area contributed by atoms with Crippen LogP contribution in [0, 0.1) is 0 Å². The molecule has 0 radical (unpaired) electrons. The molecule has 1 N–H and O–H groups in total. The van der Waals surface area contributed by atoms with Gasteiger partial charge >= 0.3 is 5.97 Å². The van der Waals surface area contributed by atoms with Gasteiger partial charge in [-0.05, 0) is 23.6 Å². The first-order valence-electron chi connectivity index (χ1n) is 5.76. The molecule has 0 aromatic heterocycles. The molecule has 1 aliphatic heterocycles. The number of benzene rings is 1. The van der Waals surface area contributed by atoms with Crippen molar-refractivity contribution in [2.45, 2.75) is 18.4 Å². The van der Waals surface area contributed by atoms with Crippen LogP contribution in [0.25, 0.3) is 0 Å². The minimum atomic E-state index is -1.24. The molecule has 98 valence electrons. The fraction of sp³-hybridized carbons (Fsp3) is 0.462. The Hall–Kier alpha value is -0.910. The molecular formula is C13H15BrO4. The fourth-order valence-corrected chi connectivity index (χ4v) is 2.79. The van der Waals surface area contributed by atoms with E-state index in [0.29, 0.717) is 11.5 Å². The average molecular weight is 315 g/mol. The lowest BCUT2D eigenvalue weighted by atomic mass is 9.96. The topological polar surface area (TPSA) is 55.8 Å². The monoisotopic (exact) mass is 314 g/mol. The normalized spacial score (nSPS) is 20.7. The summed E-state index contributed by atoms with van der Waals surface area (Å²) >= 11 is 3.48. The van der Waals surface area contributed by atoms with Gasteiger partial charge in [-0.3, -0.25) is 0 Å². The van der Waals surface area contributed by atoms with Crippen LogP contribution in [-0.4, -0.2) is 31.4 Å². The molecule has 1 aromatic carbocycles. The minimum absolute atomic E-state index is 0.378. The predicted molar refractivity (Wildman–Crippen MR) is 69.3 cm³/mol. The molecule has 0 saturated carbocycles. The molecule has 2 unspecified atom stereocenters. The van der Waals surface area contributed by atoms with Gasteiger partial charge in [0, 0.05) is 17.0 Å². The predicted octanol–water partition coefficient (Wildman–Crippen LogP) is 2.16. The van der Waals surface area contributed by atoms with E-state index in [2.05, 4.69) is 20.7 Å². The van der Waals surface area contributed by atoms with E-state index in [1.54, 1.807) is 12.1 Å². The van der Waals surface area contributed by atoms with E-state index >= 15 is 0 Å². The van der Waals surface area contributed by atoms with E-state index in [4.69, 9.17) is 4.74 Å². The van der Waals surface area contributed by atoms with Gasteiger partial charge in [-0.1, -0.05) is 28.1 Å². The maximum atomic E-state index is 11.3. The van der Waals surface area contributed by atoms with E-state index in [1.807, 2.05) is 6.07 Å². The van der Waals surface area contributed by atoms with Crippen molar-refractivity contribution < 1.29 is 19.4 Å². The van der Waals surface area contributed by atoms with Crippen molar-refractivity contribution in [2.75, 3.05) is 20.3 Å². The lowest BCUT2D eigenvalue weighted by molar-refractivity contribution is -0.150. The second kappa shape index (κ2) is 5.82. The van der Waals surface area contributed by atoms with Crippen LogP contribution in [0.4, 0.5) is 0 Å². The summed E-state index contributed by atoms with van der Waals surface area (Å²) in [5, 5.41) is 9.75. The highest BCUT2D eigenvalue weighted by molar-refractivity contribution is 9.10. The first-order chi connectivity index (χ1) is 8.63. The van der Waals surface area contributed by atoms with Crippen molar-refractivity contribution in [3.8, 4) is 0 Å². The molecule has 1 aliphatic rings. The number of carbonyl (C=O) groups excluding carboxylic acids is 1. The van der Waals surface area contributed by atoms with Crippen molar-refractivity contribution >= 4 is 21.9 Å². The Labute approximate surface area is 114 Å². The van der Waals surface area contributed by atoms with E-state index in [-0.39, 0.29) is 0 Å². The van der Waals surface area contributed by atoms with Crippen molar-refractivity contribution in [2.24, 2.45) is 0 Å². The van der Waals surface area contributed by atoms with Gasteiger partial charge in [0.05, 0.1) is 13.7 Å². The van der Waals surface area contributed by atoms with Gasteiger partial charge in [-0.15, -0.1) is 0 Å². The maximum absolute atomic E-state index is 11.3. The summed E-state index contributed by atoms with van der Waals surface area (Å²) in [6.07, 6.45) is -0.238. The summed E-state index contributed by atoms with van der Waals surface area (Å²) in [7, 11) is 1.25. The average Bonchev–Trinajstić information content (AvgIpc) is 2.90. The Morgan fingerprint density at radius 3 is 2.94 bits per heavy atom. The van der Waals surface area contributed by atoms with E-state index in [9.17, 15) is 9.90 Å². The fourth-order valence-electron chi connectivity index (χ4n) is 2.07. The molecule has 0 bridgehead atoms. The second-order valence-corrected chi connectivity index (χ2v) is 5.12. The standard InChI is InChI=1S/C13H15BrO4/c1-17-13(16)12(15)8-2-3-10(11(14)6-8)9-4-5-18-7-9/h2-3,6,9,12,15H,4-5,7H2,1H3. The quantitative estimate of drug-likeness (QED) is 0.869. The van der Waals surface area contributed by atoms with Crippen LogP contribution in [0.5, 0.6) is 0 Å². The van der Waals surface area contributed by atoms with Gasteiger partial charge in [-0.25, -0.2) is 4.79 Å². The Bertz CT molecular complexity index is 441. The largest absolute Gasteiger partial charge is 0.467 e. The smallest absolute Gasteiger partial charge is 0.339 e. The van der Waals surface area contributed by atoms with Crippen molar-refractivity contribution in [3.05, 3.63) is 33.8 Å². The minimum Gasteiger partial charge on any atom is -0.467 e. The summed E-state index contributed by atoms with van der Waals surface area (Å²) in [5.41, 5.74) is 1.67. The van der Waals surface area contributed by atoms with Gasteiger partial charge in [0.2, 0.25) is 0 Å². The highest BCUT2D eigenvalue weighted by Gasteiger charge is 2.23. The summed E-state index contributed by atoms with van der Waals surface area (Å²) in [5.74, 6) is -0.275. The lowest BCUT2D eigenvalue weighted by Crippen LogP contribution is -2.13. The molecule has 0 spiro atoms. The number of aliphatic hydroxyl groups is 1. The number of hydrogen-bond donors (Lipinski definition) is 1. The van der Waals surface area contributed by atoms with Crippen LogP contribution in [0.1, 0.15) is 29.6 Å². The third kappa shape index (κ3) is 2.74. The SMILES string of the molecule is COC(=O)C(O)c1ccc(C2CCOC2)c(Br)c1. The summed E-state index contributed by atoms with van der Waals surface area (Å²) in [6.45, 7) is 1.50. The zero-order valence-electron chi connectivity index (χ0n) is 10.1. The number of rotatable bonds is 3. The first-order valence-corrected chi connectivity index (χ1v) is 6.55. The summed E-state index contributed by atoms with van der Waals surface area (Å²) in [6, 6.07) is 5.43. The van der Waals surface area contributed by atoms with E-state index in [1.165, 1.54) is 7.11 Å². The molecule has 1 aromatic rings. The van der Waals surface area contributed by atoms with Crippen LogP contribution >= 0.6 is 15.9 Å². The molecule has 1 fully saturated rings. The van der Waals surface area contributed by atoms with Crippen LogP contribution in [0.3, 0.4) is 0 Å². The van der Waals surface area contributed by atoms with Crippen molar-refractivity contribution in [1.82, 2.24) is 0 Å². The molecule has 5 heteroatoms. The summed E-state index contributed by atoms with van der Waals surface area (Å²) < 4.78 is 10.8. The Kier molecular flexibility index (Phi) is 4.37. The lowest BCUT2D eigenvalue weighted by Gasteiger charge is -2.14. The Morgan fingerprint density at radius 2 is 2.39 bits per heavy atom. The number of esters is 1. The number of halogens is 1. The molecule has 18 heavy (non-hydrogen) atoms. The van der Waals surface area contributed by atoms with Crippen molar-refractivity contribution in [3.63, 3.8) is 0 Å². The number of methoxy groups -OCH3 is 1. The molecular weight excluding hydrogens is 300 g/mol. The Morgan fingerprint density at radius 1 is 1.61 bits per heavy atom. The number of ether oxygens (including phenoxy) is 2. The maximum Gasteiger partial charge on any atom is 0.339 e. The van der Waals surface area contributed by atoms with Crippen molar-refractivity contribution in [1.29, 1.82) is 0 Å². The van der Waals surface area contributed by atoms with Gasteiger partial charge in [-0.2, -0.15) is 0 Å². The van der Waals surface area contributed by atoms with E-state index < -0.39 is 12.1 Å². The van der Waals surface area contributed by atoms with Gasteiger partial charge in [0.25, 0.3) is 0 Å². The molecule has 2 rings (SSSR count). The van der Waals surface area contributed by atoms with E-state index in [0.717, 1.165) is 29.7 Å². The highest BCUT2D eigenvalue weighted by atomic mass is 79.9. The zero-order chi connectivity index (χ0) is 13.1. The molecule has 1 heterocycles. The molecule has 4 nitrogen and oxygen atoms in total. The number of aliphatic hydroxyl groups excluding tert-OH is 1. The molecule has 2 atom stereocenters. The summed E-state index contributed by atoms with van der Waals surface area (Å²) in [4.78, 5) is 11.3. The molecule has 0 aliphatic carbocycles. The van der Waals surface area contributed by atoms with Crippen LogP contribution < -0.4 is 0 Å². The zero-order valence-corrected chi connectivity index (χ0v) is 11.6. The van der Waals surface area contributed by atoms with Crippen LogP contribution in [-0.2, 0) is 14.3 Å². The van der Waals surface area contributed by atoms with Crippen LogP contribution in [0.15, 0.2) is 22.7 Å². The third-order valence-electron chi connectivity index (χ3n) is 3.13. The molecule has 0 amide bonds. The Balaban J connectivity index is 2.21. The molecule has 1 saturated heterocycles. The highest BCUT2D eigenvalue weighted by Crippen LogP contribution is 2.32. The number of carbonyl (C=O) groups is 1.